The molecule has 1 aromatic rings. The molecule has 1 nitrogen and oxygen atoms in total. The van der Waals surface area contributed by atoms with E-state index in [2.05, 4.69) is 10.9 Å². The zero-order valence-electron chi connectivity index (χ0n) is 5.50. The number of hydrogen-bond acceptors (Lipinski definition) is 2. The van der Waals surface area contributed by atoms with Crippen molar-refractivity contribution >= 4 is 11.3 Å². The molecule has 2 rings (SSSR count). The smallest absolute Gasteiger partial charge is 0.0968 e. The van der Waals surface area contributed by atoms with Crippen molar-refractivity contribution in [3.05, 3.63) is 16.1 Å². The minimum atomic E-state index is 0.743. The lowest BCUT2D eigenvalue weighted by atomic mass is 10.5. The van der Waals surface area contributed by atoms with Gasteiger partial charge in [-0.25, -0.2) is 4.98 Å². The molecule has 0 aromatic carbocycles. The van der Waals surface area contributed by atoms with Crippen molar-refractivity contribution in [3.63, 3.8) is 0 Å². The van der Waals surface area contributed by atoms with Gasteiger partial charge in [-0.05, 0) is 12.8 Å². The normalized spacial score (nSPS) is 16.7. The molecule has 1 aliphatic carbocycles. The fraction of sp³-hybridized carbons (Fsp3) is 0.375. The molecule has 0 saturated heterocycles. The zero-order valence-corrected chi connectivity index (χ0v) is 6.32. The number of nitrogens with zero attached hydrogens (tertiary/aromatic N) is 1. The Kier molecular flexibility index (Phi) is 1.25. The zero-order chi connectivity index (χ0) is 6.97. The Bertz CT molecular complexity index is 278. The first-order valence-corrected chi connectivity index (χ1v) is 4.14. The molecule has 1 fully saturated rings. The number of terminal acetylenes is 1. The minimum absolute atomic E-state index is 0.743. The van der Waals surface area contributed by atoms with Crippen molar-refractivity contribution in [2.24, 2.45) is 0 Å². The molecule has 1 heterocycles. The maximum atomic E-state index is 5.20. The average molecular weight is 149 g/mol. The van der Waals surface area contributed by atoms with E-state index in [4.69, 9.17) is 6.42 Å². The standard InChI is InChI=1S/C8H7NS/c1-2-7-5-9-8(10-7)6-3-4-6/h1,5-6H,3-4H2. The summed E-state index contributed by atoms with van der Waals surface area (Å²) in [5, 5.41) is 1.23. The highest BCUT2D eigenvalue weighted by Gasteiger charge is 2.26. The van der Waals surface area contributed by atoms with E-state index in [1.54, 1.807) is 17.5 Å². The highest BCUT2D eigenvalue weighted by atomic mass is 32.1. The SMILES string of the molecule is C#Cc1cnc(C2CC2)s1. The summed E-state index contributed by atoms with van der Waals surface area (Å²) >= 11 is 1.66. The maximum absolute atomic E-state index is 5.20. The molecular weight excluding hydrogens is 142 g/mol. The largest absolute Gasteiger partial charge is 0.248 e. The van der Waals surface area contributed by atoms with Gasteiger partial charge in [0.2, 0.25) is 0 Å². The van der Waals surface area contributed by atoms with Crippen molar-refractivity contribution in [1.29, 1.82) is 0 Å². The molecule has 0 aliphatic heterocycles. The van der Waals surface area contributed by atoms with Crippen LogP contribution in [0.25, 0.3) is 0 Å². The number of aromatic nitrogens is 1. The third kappa shape index (κ3) is 0.932. The molecule has 10 heavy (non-hydrogen) atoms. The van der Waals surface area contributed by atoms with Gasteiger partial charge in [0.05, 0.1) is 16.1 Å². The molecule has 0 N–H and O–H groups in total. The number of thiazole rings is 1. The van der Waals surface area contributed by atoms with Gasteiger partial charge in [0, 0.05) is 5.92 Å². The van der Waals surface area contributed by atoms with Crippen LogP contribution in [-0.2, 0) is 0 Å². The first-order chi connectivity index (χ1) is 4.90. The second-order valence-electron chi connectivity index (χ2n) is 2.48. The van der Waals surface area contributed by atoms with Gasteiger partial charge in [-0.15, -0.1) is 17.8 Å². The third-order valence-electron chi connectivity index (χ3n) is 1.59. The second-order valence-corrected chi connectivity index (χ2v) is 3.54. The van der Waals surface area contributed by atoms with Crippen molar-refractivity contribution in [2.75, 3.05) is 0 Å². The topological polar surface area (TPSA) is 12.9 Å². The van der Waals surface area contributed by atoms with E-state index in [9.17, 15) is 0 Å². The predicted octanol–water partition coefficient (Wildman–Crippen LogP) is 2.00. The van der Waals surface area contributed by atoms with E-state index in [0.717, 1.165) is 10.8 Å². The van der Waals surface area contributed by atoms with Crippen molar-refractivity contribution in [3.8, 4) is 12.3 Å². The highest BCUT2D eigenvalue weighted by Crippen LogP contribution is 2.41. The Balaban J connectivity index is 2.29. The molecule has 50 valence electrons. The quantitative estimate of drug-likeness (QED) is 0.556. The summed E-state index contributed by atoms with van der Waals surface area (Å²) in [7, 11) is 0. The number of hydrogen-bond donors (Lipinski definition) is 0. The van der Waals surface area contributed by atoms with Gasteiger partial charge in [0.15, 0.2) is 0 Å². The van der Waals surface area contributed by atoms with Gasteiger partial charge in [0.25, 0.3) is 0 Å². The summed E-state index contributed by atoms with van der Waals surface area (Å²) in [4.78, 5) is 5.19. The lowest BCUT2D eigenvalue weighted by Crippen LogP contribution is -1.70. The first kappa shape index (κ1) is 5.94. The van der Waals surface area contributed by atoms with Gasteiger partial charge < -0.3 is 0 Å². The molecule has 0 atom stereocenters. The van der Waals surface area contributed by atoms with Crippen LogP contribution in [0, 0.1) is 12.3 Å². The van der Waals surface area contributed by atoms with Crippen LogP contribution in [0.3, 0.4) is 0 Å². The molecule has 0 spiro atoms. The van der Waals surface area contributed by atoms with E-state index in [1.807, 2.05) is 0 Å². The molecule has 1 saturated carbocycles. The second kappa shape index (κ2) is 2.10. The van der Waals surface area contributed by atoms with Gasteiger partial charge in [0.1, 0.15) is 0 Å². The van der Waals surface area contributed by atoms with Crippen molar-refractivity contribution < 1.29 is 0 Å². The Hall–Kier alpha value is -0.810. The van der Waals surface area contributed by atoms with Crippen molar-refractivity contribution in [1.82, 2.24) is 4.98 Å². The van der Waals surface area contributed by atoms with Crippen LogP contribution < -0.4 is 0 Å². The van der Waals surface area contributed by atoms with Crippen LogP contribution in [0.2, 0.25) is 0 Å². The van der Waals surface area contributed by atoms with Gasteiger partial charge in [-0.1, -0.05) is 5.92 Å². The Morgan fingerprint density at radius 1 is 1.70 bits per heavy atom. The van der Waals surface area contributed by atoms with Crippen LogP contribution in [-0.4, -0.2) is 4.98 Å². The molecule has 1 aromatic heterocycles. The molecule has 2 heteroatoms. The fourth-order valence-electron chi connectivity index (χ4n) is 0.873. The van der Waals surface area contributed by atoms with Crippen LogP contribution in [0.15, 0.2) is 6.20 Å². The van der Waals surface area contributed by atoms with E-state index >= 15 is 0 Å². The highest BCUT2D eigenvalue weighted by molar-refractivity contribution is 7.12. The van der Waals surface area contributed by atoms with Crippen LogP contribution in [0.5, 0.6) is 0 Å². The van der Waals surface area contributed by atoms with Crippen LogP contribution >= 0.6 is 11.3 Å². The summed E-state index contributed by atoms with van der Waals surface area (Å²) < 4.78 is 0. The molecule has 0 radical (unpaired) electrons. The summed E-state index contributed by atoms with van der Waals surface area (Å²) in [5.41, 5.74) is 0. The molecule has 0 bridgehead atoms. The van der Waals surface area contributed by atoms with Gasteiger partial charge >= 0.3 is 0 Å². The minimum Gasteiger partial charge on any atom is -0.248 e. The average Bonchev–Trinajstić information content (AvgIpc) is 2.70. The molecule has 0 amide bonds. The first-order valence-electron chi connectivity index (χ1n) is 3.32. The third-order valence-corrected chi connectivity index (χ3v) is 2.68. The van der Waals surface area contributed by atoms with E-state index in [0.29, 0.717) is 0 Å². The molecule has 1 aliphatic rings. The number of rotatable bonds is 1. The maximum Gasteiger partial charge on any atom is 0.0968 e. The Morgan fingerprint density at radius 3 is 3.00 bits per heavy atom. The molecule has 0 unspecified atom stereocenters. The monoisotopic (exact) mass is 149 g/mol. The van der Waals surface area contributed by atoms with Gasteiger partial charge in [-0.3, -0.25) is 0 Å². The summed E-state index contributed by atoms with van der Waals surface area (Å²) in [5.74, 6) is 3.33. The van der Waals surface area contributed by atoms with Crippen LogP contribution in [0.4, 0.5) is 0 Å². The fourth-order valence-corrected chi connectivity index (χ4v) is 1.77. The van der Waals surface area contributed by atoms with Crippen molar-refractivity contribution in [2.45, 2.75) is 18.8 Å². The van der Waals surface area contributed by atoms with Crippen LogP contribution in [0.1, 0.15) is 28.6 Å². The molecular formula is C8H7NS. The predicted molar refractivity (Wildman–Crippen MR) is 42.0 cm³/mol. The van der Waals surface area contributed by atoms with E-state index in [-0.39, 0.29) is 0 Å². The van der Waals surface area contributed by atoms with E-state index < -0.39 is 0 Å². The lowest BCUT2D eigenvalue weighted by Gasteiger charge is -1.81. The Labute approximate surface area is 64.1 Å². The van der Waals surface area contributed by atoms with E-state index in [1.165, 1.54) is 17.8 Å². The summed E-state index contributed by atoms with van der Waals surface area (Å²) in [6.45, 7) is 0. The van der Waals surface area contributed by atoms with Gasteiger partial charge in [-0.2, -0.15) is 0 Å². The summed E-state index contributed by atoms with van der Waals surface area (Å²) in [6.07, 6.45) is 9.60. The summed E-state index contributed by atoms with van der Waals surface area (Å²) in [6, 6.07) is 0. The lowest BCUT2D eigenvalue weighted by molar-refractivity contribution is 1.08. The Morgan fingerprint density at radius 2 is 2.50 bits per heavy atom.